The molecule has 0 unspecified atom stereocenters. The van der Waals surface area contributed by atoms with E-state index in [1.807, 2.05) is 27.7 Å². The Morgan fingerprint density at radius 1 is 0.688 bits per heavy atom. The fourth-order valence-corrected chi connectivity index (χ4v) is 6.55. The highest BCUT2D eigenvalue weighted by Crippen LogP contribution is 2.24. The summed E-state index contributed by atoms with van der Waals surface area (Å²) in [6.07, 6.45) is 1.59. The molecule has 20 nitrogen and oxygen atoms in total. The quantitative estimate of drug-likeness (QED) is 0.0761. The minimum absolute atomic E-state index is 0.0493. The number of nitrogens with zero attached hydrogens (tertiary/aromatic N) is 1. The lowest BCUT2D eigenvalue weighted by Gasteiger charge is -2.28. The second-order valence-electron chi connectivity index (χ2n) is 17.9. The van der Waals surface area contributed by atoms with Crippen LogP contribution >= 0.6 is 0 Å². The van der Waals surface area contributed by atoms with Crippen molar-refractivity contribution in [2.45, 2.75) is 144 Å². The summed E-state index contributed by atoms with van der Waals surface area (Å²) in [7, 11) is 0. The lowest BCUT2D eigenvalue weighted by atomic mass is 9.96. The number of ether oxygens (including phenoxy) is 1. The number of hydrogen-bond donors (Lipinski definition) is 9. The largest absolute Gasteiger partial charge is 0.480 e. The number of aromatic nitrogens is 1. The van der Waals surface area contributed by atoms with E-state index >= 15 is 0 Å². The molecule has 64 heavy (non-hydrogen) atoms. The Labute approximate surface area is 374 Å². The molecular weight excluding hydrogens is 831 g/mol. The first-order valence-corrected chi connectivity index (χ1v) is 21.6. The lowest BCUT2D eigenvalue weighted by molar-refractivity contribution is -0.139. The van der Waals surface area contributed by atoms with E-state index in [1.165, 1.54) is 24.6 Å². The van der Waals surface area contributed by atoms with Gasteiger partial charge in [-0.2, -0.15) is 0 Å². The Hall–Kier alpha value is -6.05. The van der Waals surface area contributed by atoms with Crippen LogP contribution in [-0.2, 0) is 49.5 Å². The number of amides is 7. The topological polar surface area (TPSA) is 298 Å². The molecule has 0 aliphatic heterocycles. The van der Waals surface area contributed by atoms with E-state index in [2.05, 4.69) is 37.2 Å². The summed E-state index contributed by atoms with van der Waals surface area (Å²) < 4.78 is 6.90. The third-order valence-electron chi connectivity index (χ3n) is 10.0. The summed E-state index contributed by atoms with van der Waals surface area (Å²) >= 11 is 0. The van der Waals surface area contributed by atoms with Crippen LogP contribution in [0.25, 0.3) is 10.9 Å². The number of nitrogens with two attached hydrogens (primary N) is 1. The Bertz CT molecular complexity index is 1990. The molecule has 10 N–H and O–H groups in total. The SMILES string of the molecule is CC[C@H](C)[C@H](NC(=O)[C@H](C)NC(=O)[C@H](C)NC(=O)[C@H](CC(C)C)NC(=O)[C@H](Cc1cn(C(=O)OC(C)(C)C)c2ccccc12)NC(=O)CN)C(=O)N[C@@H](CC(C)C)C(=O)NCC(=O)O. The van der Waals surface area contributed by atoms with Gasteiger partial charge in [-0.1, -0.05) is 66.2 Å². The van der Waals surface area contributed by atoms with Crippen LogP contribution in [0, 0.1) is 17.8 Å². The van der Waals surface area contributed by atoms with Crippen molar-refractivity contribution in [3.05, 3.63) is 36.0 Å². The average molecular weight is 900 g/mol. The molecule has 1 aromatic heterocycles. The predicted molar refractivity (Wildman–Crippen MR) is 238 cm³/mol. The molecule has 7 atom stereocenters. The molecule has 356 valence electrons. The molecule has 0 bridgehead atoms. The van der Waals surface area contributed by atoms with Gasteiger partial charge in [-0.15, -0.1) is 0 Å². The summed E-state index contributed by atoms with van der Waals surface area (Å²) in [4.78, 5) is 117. The highest BCUT2D eigenvalue weighted by atomic mass is 16.6. The molecular formula is C44H69N9O11. The fourth-order valence-electron chi connectivity index (χ4n) is 6.55. The van der Waals surface area contributed by atoms with Gasteiger partial charge in [0.1, 0.15) is 48.4 Å². The third kappa shape index (κ3) is 17.3. The maximum Gasteiger partial charge on any atom is 0.419 e. The maximum atomic E-state index is 14.0. The standard InChI is InChI=1S/C44H69N9O11/c1-12-25(6)36(42(62)51-30(17-23(2)3)39(59)46-21-35(55)56)52-38(58)27(8)47-37(57)26(7)48-40(60)31(18-24(4)5)50-41(61)32(49-34(54)20-45)19-28-22-53(43(63)64-44(9,10)11)33-16-14-13-15-29(28)33/h13-16,22-27,30-32,36H,12,17-21,45H2,1-11H3,(H,46,59)(H,47,57)(H,48,60)(H,49,54)(H,50,61)(H,51,62)(H,52,58)(H,55,56)/t25-,26-,27-,30-,31-,32-,36-/m0/s1. The van der Waals surface area contributed by atoms with Crippen LogP contribution in [0.15, 0.2) is 30.5 Å². The van der Waals surface area contributed by atoms with Crippen molar-refractivity contribution >= 4 is 64.3 Å². The van der Waals surface area contributed by atoms with E-state index in [1.54, 1.807) is 58.9 Å². The fraction of sp³-hybridized carbons (Fsp3) is 0.614. The second-order valence-corrected chi connectivity index (χ2v) is 17.9. The minimum atomic E-state index is -1.25. The first-order chi connectivity index (χ1) is 29.8. The van der Waals surface area contributed by atoms with Crippen LogP contribution in [0.1, 0.15) is 101 Å². The molecule has 2 rings (SSSR count). The van der Waals surface area contributed by atoms with Crippen molar-refractivity contribution < 1.29 is 53.0 Å². The third-order valence-corrected chi connectivity index (χ3v) is 10.0. The molecule has 0 fully saturated rings. The number of rotatable bonds is 23. The van der Waals surface area contributed by atoms with Crippen LogP contribution in [0.4, 0.5) is 4.79 Å². The zero-order valence-electron chi connectivity index (χ0n) is 38.9. The molecule has 0 saturated heterocycles. The number of hydrogen-bond acceptors (Lipinski definition) is 11. The predicted octanol–water partition coefficient (Wildman–Crippen LogP) is 1.21. The van der Waals surface area contributed by atoms with Gasteiger partial charge in [0.15, 0.2) is 0 Å². The monoisotopic (exact) mass is 900 g/mol. The zero-order valence-corrected chi connectivity index (χ0v) is 38.9. The van der Waals surface area contributed by atoms with E-state index in [-0.39, 0.29) is 31.1 Å². The summed E-state index contributed by atoms with van der Waals surface area (Å²) in [6, 6.07) is -0.0471. The van der Waals surface area contributed by atoms with Crippen LogP contribution in [0.2, 0.25) is 0 Å². The first kappa shape index (κ1) is 54.1. The van der Waals surface area contributed by atoms with Gasteiger partial charge in [-0.25, -0.2) is 4.79 Å². The van der Waals surface area contributed by atoms with Crippen molar-refractivity contribution in [3.8, 4) is 0 Å². The van der Waals surface area contributed by atoms with Gasteiger partial charge in [0.05, 0.1) is 12.1 Å². The van der Waals surface area contributed by atoms with E-state index < -0.39 is 114 Å². The normalized spacial score (nSPS) is 14.8. The van der Waals surface area contributed by atoms with Gasteiger partial charge < -0.3 is 52.8 Å². The molecule has 0 saturated carbocycles. The number of carbonyl (C=O) groups excluding carboxylic acids is 8. The van der Waals surface area contributed by atoms with E-state index in [0.717, 1.165) is 0 Å². The highest BCUT2D eigenvalue weighted by Gasteiger charge is 2.34. The van der Waals surface area contributed by atoms with Gasteiger partial charge >= 0.3 is 12.1 Å². The molecule has 2 aromatic rings. The number of aliphatic carboxylic acids is 1. The van der Waals surface area contributed by atoms with Crippen molar-refractivity contribution in [3.63, 3.8) is 0 Å². The number of carbonyl (C=O) groups is 9. The maximum absolute atomic E-state index is 14.0. The minimum Gasteiger partial charge on any atom is -0.480 e. The Morgan fingerprint density at radius 2 is 1.20 bits per heavy atom. The molecule has 20 heteroatoms. The lowest BCUT2D eigenvalue weighted by Crippen LogP contribution is -2.60. The van der Waals surface area contributed by atoms with Crippen LogP contribution in [0.5, 0.6) is 0 Å². The number of carboxylic acids is 1. The second kappa shape index (κ2) is 24.7. The molecule has 7 amide bonds. The van der Waals surface area contributed by atoms with Crippen LogP contribution < -0.4 is 43.0 Å². The summed E-state index contributed by atoms with van der Waals surface area (Å²) in [5.41, 5.74) is 5.84. The van der Waals surface area contributed by atoms with E-state index in [4.69, 9.17) is 15.6 Å². The van der Waals surface area contributed by atoms with E-state index in [0.29, 0.717) is 22.9 Å². The Morgan fingerprint density at radius 3 is 1.73 bits per heavy atom. The molecule has 0 aliphatic carbocycles. The van der Waals surface area contributed by atoms with Crippen LogP contribution in [-0.4, -0.2) is 118 Å². The van der Waals surface area contributed by atoms with Gasteiger partial charge in [-0.05, 0) is 76.8 Å². The summed E-state index contributed by atoms with van der Waals surface area (Å²) in [6.45, 7) is 17.7. The molecule has 0 aliphatic rings. The van der Waals surface area contributed by atoms with Crippen molar-refractivity contribution in [2.24, 2.45) is 23.5 Å². The summed E-state index contributed by atoms with van der Waals surface area (Å²) in [5.74, 6) is -6.77. The number of fused-ring (bicyclic) bond motifs is 1. The van der Waals surface area contributed by atoms with Gasteiger partial charge in [0.2, 0.25) is 41.4 Å². The Balaban J connectivity index is 2.23. The van der Waals surface area contributed by atoms with Crippen molar-refractivity contribution in [1.82, 2.24) is 41.8 Å². The zero-order chi connectivity index (χ0) is 48.6. The molecule has 0 radical (unpaired) electrons. The summed E-state index contributed by atoms with van der Waals surface area (Å²) in [5, 5.41) is 27.6. The van der Waals surface area contributed by atoms with Crippen molar-refractivity contribution in [2.75, 3.05) is 13.1 Å². The Kier molecular flexibility index (Phi) is 20.9. The number of nitrogens with one attached hydrogen (secondary N) is 7. The van der Waals surface area contributed by atoms with Crippen molar-refractivity contribution in [1.29, 1.82) is 0 Å². The first-order valence-electron chi connectivity index (χ1n) is 21.6. The van der Waals surface area contributed by atoms with Crippen LogP contribution in [0.3, 0.4) is 0 Å². The smallest absolute Gasteiger partial charge is 0.419 e. The van der Waals surface area contributed by atoms with Gasteiger partial charge in [0, 0.05) is 18.0 Å². The molecule has 1 heterocycles. The number of benzene rings is 1. The van der Waals surface area contributed by atoms with Gasteiger partial charge in [0.25, 0.3) is 0 Å². The number of carboxylic acid groups (broad SMARTS) is 1. The van der Waals surface area contributed by atoms with E-state index in [9.17, 15) is 43.2 Å². The highest BCUT2D eigenvalue weighted by molar-refractivity contribution is 5.98. The average Bonchev–Trinajstić information content (AvgIpc) is 3.57. The molecule has 0 spiro atoms. The molecule has 1 aromatic carbocycles. The van der Waals surface area contributed by atoms with Gasteiger partial charge in [-0.3, -0.25) is 42.9 Å². The number of para-hydroxylation sites is 1.